The summed E-state index contributed by atoms with van der Waals surface area (Å²) in [5.41, 5.74) is 0.638. The van der Waals surface area contributed by atoms with E-state index in [2.05, 4.69) is 9.97 Å². The van der Waals surface area contributed by atoms with Crippen molar-refractivity contribution in [2.24, 2.45) is 0 Å². The van der Waals surface area contributed by atoms with Crippen LogP contribution in [0.25, 0.3) is 11.2 Å². The molecule has 1 unspecified atom stereocenters. The molecule has 0 aromatic carbocycles. The lowest BCUT2D eigenvalue weighted by atomic mass is 10.1. The number of imidazole rings is 1. The van der Waals surface area contributed by atoms with Crippen LogP contribution in [-0.4, -0.2) is 44.2 Å². The number of hydrogen-bond acceptors (Lipinski definition) is 4. The Morgan fingerprint density at radius 1 is 1.43 bits per heavy atom. The quantitative estimate of drug-likeness (QED) is 0.875. The Hall–Kier alpha value is -2.31. The molecule has 1 N–H and O–H groups in total. The van der Waals surface area contributed by atoms with Crippen molar-refractivity contribution in [3.63, 3.8) is 0 Å². The average Bonchev–Trinajstić information content (AvgIpc) is 2.81. The molecule has 124 valence electrons. The van der Waals surface area contributed by atoms with Gasteiger partial charge in [-0.3, -0.25) is 4.57 Å². The Morgan fingerprint density at radius 2 is 2.22 bits per heavy atom. The van der Waals surface area contributed by atoms with Gasteiger partial charge in [-0.1, -0.05) is 0 Å². The van der Waals surface area contributed by atoms with Crippen LogP contribution in [0.3, 0.4) is 0 Å². The van der Waals surface area contributed by atoms with E-state index >= 15 is 0 Å². The van der Waals surface area contributed by atoms with E-state index in [1.165, 1.54) is 0 Å². The number of rotatable bonds is 1. The number of nitrogens with zero attached hydrogens (tertiary/aromatic N) is 3. The number of pyridine rings is 1. The first kappa shape index (κ1) is 15.6. The second-order valence-electron chi connectivity index (χ2n) is 6.90. The Kier molecular flexibility index (Phi) is 3.87. The van der Waals surface area contributed by atoms with Gasteiger partial charge in [0.15, 0.2) is 5.65 Å². The molecule has 7 heteroatoms. The molecule has 23 heavy (non-hydrogen) atoms. The molecule has 1 atom stereocenters. The molecule has 1 aliphatic rings. The molecule has 1 saturated heterocycles. The molecule has 1 amide bonds. The number of nitrogens with one attached hydrogen (secondary N) is 1. The highest BCUT2D eigenvalue weighted by Gasteiger charge is 2.30. The van der Waals surface area contributed by atoms with Gasteiger partial charge in [0.2, 0.25) is 0 Å². The van der Waals surface area contributed by atoms with Gasteiger partial charge >= 0.3 is 11.8 Å². The lowest BCUT2D eigenvalue weighted by Gasteiger charge is -2.34. The van der Waals surface area contributed by atoms with E-state index in [1.54, 1.807) is 21.7 Å². The summed E-state index contributed by atoms with van der Waals surface area (Å²) >= 11 is 0. The number of aromatic amines is 1. The van der Waals surface area contributed by atoms with E-state index in [-0.39, 0.29) is 17.8 Å². The molecule has 7 nitrogen and oxygen atoms in total. The summed E-state index contributed by atoms with van der Waals surface area (Å²) in [5, 5.41) is 0. The van der Waals surface area contributed by atoms with Gasteiger partial charge in [-0.2, -0.15) is 0 Å². The highest BCUT2D eigenvalue weighted by atomic mass is 16.6. The SMILES string of the molecule is CC(C)(C)OC(=O)N1CCCC(n2c(=O)[nH]c3cccnc32)C1. The minimum Gasteiger partial charge on any atom is -0.444 e. The number of ether oxygens (including phenoxy) is 1. The normalized spacial score (nSPS) is 19.1. The number of carbonyl (C=O) groups excluding carboxylic acids is 1. The Bertz CT molecular complexity index is 771. The van der Waals surface area contributed by atoms with Crippen LogP contribution in [0.4, 0.5) is 4.79 Å². The number of hydrogen-bond donors (Lipinski definition) is 1. The van der Waals surface area contributed by atoms with E-state index < -0.39 is 5.60 Å². The second-order valence-corrected chi connectivity index (χ2v) is 6.90. The van der Waals surface area contributed by atoms with Crippen molar-refractivity contribution in [3.8, 4) is 0 Å². The molecule has 0 saturated carbocycles. The van der Waals surface area contributed by atoms with Crippen molar-refractivity contribution in [3.05, 3.63) is 28.8 Å². The lowest BCUT2D eigenvalue weighted by Crippen LogP contribution is -2.44. The predicted molar refractivity (Wildman–Crippen MR) is 86.4 cm³/mol. The fraction of sp³-hybridized carbons (Fsp3) is 0.562. The molecular weight excluding hydrogens is 296 g/mol. The van der Waals surface area contributed by atoms with Crippen LogP contribution in [0, 0.1) is 0 Å². The lowest BCUT2D eigenvalue weighted by molar-refractivity contribution is 0.0172. The Balaban J connectivity index is 1.85. The third-order valence-corrected chi connectivity index (χ3v) is 3.89. The van der Waals surface area contributed by atoms with Crippen LogP contribution >= 0.6 is 0 Å². The van der Waals surface area contributed by atoms with E-state index in [0.717, 1.165) is 12.8 Å². The largest absolute Gasteiger partial charge is 0.444 e. The van der Waals surface area contributed by atoms with Crippen LogP contribution in [0.5, 0.6) is 0 Å². The van der Waals surface area contributed by atoms with Gasteiger partial charge in [0, 0.05) is 19.3 Å². The zero-order chi connectivity index (χ0) is 16.6. The molecule has 3 rings (SSSR count). The molecule has 2 aromatic rings. The molecule has 2 aromatic heterocycles. The molecular formula is C16H22N4O3. The minimum absolute atomic E-state index is 0.0904. The minimum atomic E-state index is -0.525. The number of carbonyl (C=O) groups is 1. The maximum absolute atomic E-state index is 12.3. The van der Waals surface area contributed by atoms with E-state index in [0.29, 0.717) is 24.3 Å². The fourth-order valence-corrected chi connectivity index (χ4v) is 2.95. The van der Waals surface area contributed by atoms with Crippen molar-refractivity contribution in [1.29, 1.82) is 0 Å². The molecule has 1 fully saturated rings. The number of H-pyrrole nitrogens is 1. The number of fused-ring (bicyclic) bond motifs is 1. The average molecular weight is 318 g/mol. The van der Waals surface area contributed by atoms with E-state index in [1.807, 2.05) is 26.8 Å². The summed E-state index contributed by atoms with van der Waals surface area (Å²) in [4.78, 5) is 33.3. The van der Waals surface area contributed by atoms with E-state index in [4.69, 9.17) is 4.74 Å². The van der Waals surface area contributed by atoms with Gasteiger partial charge in [-0.05, 0) is 45.7 Å². The standard InChI is InChI=1S/C16H22N4O3/c1-16(2,3)23-15(22)19-9-5-6-11(10-19)20-13-12(18-14(20)21)7-4-8-17-13/h4,7-8,11H,5-6,9-10H2,1-3H3,(H,18,21). The van der Waals surface area contributed by atoms with Gasteiger partial charge in [0.25, 0.3) is 0 Å². The molecule has 0 bridgehead atoms. The van der Waals surface area contributed by atoms with Crippen LogP contribution in [-0.2, 0) is 4.74 Å². The van der Waals surface area contributed by atoms with Crippen molar-refractivity contribution in [1.82, 2.24) is 19.4 Å². The fourth-order valence-electron chi connectivity index (χ4n) is 2.95. The summed E-state index contributed by atoms with van der Waals surface area (Å²) in [6.45, 7) is 6.65. The zero-order valence-corrected chi connectivity index (χ0v) is 13.7. The smallest absolute Gasteiger partial charge is 0.410 e. The summed E-state index contributed by atoms with van der Waals surface area (Å²) in [7, 11) is 0. The van der Waals surface area contributed by atoms with Crippen LogP contribution < -0.4 is 5.69 Å². The first-order valence-electron chi connectivity index (χ1n) is 7.88. The van der Waals surface area contributed by atoms with Gasteiger partial charge in [0.05, 0.1) is 11.6 Å². The molecule has 0 aliphatic carbocycles. The molecule has 0 spiro atoms. The topological polar surface area (TPSA) is 80.2 Å². The third-order valence-electron chi connectivity index (χ3n) is 3.89. The van der Waals surface area contributed by atoms with Crippen molar-refractivity contribution in [2.45, 2.75) is 45.3 Å². The van der Waals surface area contributed by atoms with E-state index in [9.17, 15) is 9.59 Å². The monoisotopic (exact) mass is 318 g/mol. The highest BCUT2D eigenvalue weighted by molar-refractivity contribution is 5.70. The number of likely N-dealkylation sites (tertiary alicyclic amines) is 1. The second kappa shape index (κ2) is 5.72. The summed E-state index contributed by atoms with van der Waals surface area (Å²) in [6, 6.07) is 3.53. The van der Waals surface area contributed by atoms with Gasteiger partial charge in [0.1, 0.15) is 5.60 Å². The van der Waals surface area contributed by atoms with Crippen LogP contribution in [0.15, 0.2) is 23.1 Å². The predicted octanol–water partition coefficient (Wildman–Crippen LogP) is 2.30. The van der Waals surface area contributed by atoms with Crippen molar-refractivity contribution in [2.75, 3.05) is 13.1 Å². The van der Waals surface area contributed by atoms with Crippen molar-refractivity contribution >= 4 is 17.3 Å². The summed E-state index contributed by atoms with van der Waals surface area (Å²) in [5.74, 6) is 0. The number of piperidine rings is 1. The maximum Gasteiger partial charge on any atom is 0.410 e. The Labute approximate surface area is 134 Å². The summed E-state index contributed by atoms with van der Waals surface area (Å²) < 4.78 is 7.10. The Morgan fingerprint density at radius 3 is 2.96 bits per heavy atom. The number of amides is 1. The third kappa shape index (κ3) is 3.23. The first-order valence-corrected chi connectivity index (χ1v) is 7.88. The molecule has 3 heterocycles. The number of aromatic nitrogens is 3. The van der Waals surface area contributed by atoms with Crippen LogP contribution in [0.2, 0.25) is 0 Å². The summed E-state index contributed by atoms with van der Waals surface area (Å²) in [6.07, 6.45) is 3.00. The maximum atomic E-state index is 12.3. The van der Waals surface area contributed by atoms with Crippen molar-refractivity contribution < 1.29 is 9.53 Å². The van der Waals surface area contributed by atoms with Crippen LogP contribution in [0.1, 0.15) is 39.7 Å². The molecule has 0 radical (unpaired) electrons. The highest BCUT2D eigenvalue weighted by Crippen LogP contribution is 2.24. The first-order chi connectivity index (χ1) is 10.8. The van der Waals surface area contributed by atoms with Gasteiger partial charge in [-0.25, -0.2) is 14.6 Å². The molecule has 1 aliphatic heterocycles. The van der Waals surface area contributed by atoms with Gasteiger partial charge < -0.3 is 14.6 Å². The zero-order valence-electron chi connectivity index (χ0n) is 13.7. The van der Waals surface area contributed by atoms with Gasteiger partial charge in [-0.15, -0.1) is 0 Å².